The van der Waals surface area contributed by atoms with E-state index in [2.05, 4.69) is 5.32 Å². The van der Waals surface area contributed by atoms with Crippen LogP contribution in [-0.4, -0.2) is 35.0 Å². The van der Waals surface area contributed by atoms with Gasteiger partial charge in [0.1, 0.15) is 12.2 Å². The van der Waals surface area contributed by atoms with E-state index in [0.29, 0.717) is 0 Å². The molecule has 2 fully saturated rings. The number of amides is 2. The van der Waals surface area contributed by atoms with Crippen LogP contribution in [0.4, 0.5) is 0 Å². The summed E-state index contributed by atoms with van der Waals surface area (Å²) in [6.45, 7) is 1.84. The Balaban J connectivity index is 2.21. The summed E-state index contributed by atoms with van der Waals surface area (Å²) >= 11 is 0. The maximum atomic E-state index is 12.0. The molecular weight excluding hydrogens is 206 g/mol. The lowest BCUT2D eigenvalue weighted by Crippen LogP contribution is -2.58. The van der Waals surface area contributed by atoms with E-state index >= 15 is 0 Å². The molecule has 5 nitrogen and oxygen atoms in total. The fraction of sp³-hybridized carbons (Fsp3) is 0.818. The molecule has 0 bridgehead atoms. The van der Waals surface area contributed by atoms with Gasteiger partial charge in [-0.3, -0.25) is 9.59 Å². The predicted molar refractivity (Wildman–Crippen MR) is 59.3 cm³/mol. The maximum Gasteiger partial charge on any atom is 0.241 e. The summed E-state index contributed by atoms with van der Waals surface area (Å²) in [6, 6.07) is -0.536. The molecule has 16 heavy (non-hydrogen) atoms. The van der Waals surface area contributed by atoms with Crippen molar-refractivity contribution in [3.63, 3.8) is 0 Å². The van der Waals surface area contributed by atoms with Gasteiger partial charge in [0, 0.05) is 0 Å². The molecule has 1 spiro atoms. The molecule has 2 rings (SSSR count). The van der Waals surface area contributed by atoms with Crippen molar-refractivity contribution in [2.24, 2.45) is 5.73 Å². The number of carbonyl (C=O) groups excluding carboxylic acids is 2. The zero-order valence-electron chi connectivity index (χ0n) is 9.66. The number of nitrogens with two attached hydrogens (primary N) is 1. The fourth-order valence-corrected chi connectivity index (χ4v) is 2.73. The summed E-state index contributed by atoms with van der Waals surface area (Å²) in [6.07, 6.45) is 5.01. The van der Waals surface area contributed by atoms with Crippen LogP contribution in [0.5, 0.6) is 0 Å². The highest BCUT2D eigenvalue weighted by Gasteiger charge is 2.47. The quantitative estimate of drug-likeness (QED) is 0.657. The van der Waals surface area contributed by atoms with E-state index in [9.17, 15) is 9.59 Å². The van der Waals surface area contributed by atoms with Crippen LogP contribution < -0.4 is 11.1 Å². The zero-order chi connectivity index (χ0) is 11.8. The molecule has 1 saturated heterocycles. The summed E-state index contributed by atoms with van der Waals surface area (Å²) in [7, 11) is 0. The van der Waals surface area contributed by atoms with Gasteiger partial charge in [-0.1, -0.05) is 6.42 Å². The second-order valence-electron chi connectivity index (χ2n) is 4.85. The van der Waals surface area contributed by atoms with E-state index < -0.39 is 11.7 Å². The van der Waals surface area contributed by atoms with Gasteiger partial charge in [-0.25, -0.2) is 0 Å². The molecule has 0 aromatic rings. The van der Waals surface area contributed by atoms with Gasteiger partial charge in [-0.05, 0) is 32.6 Å². The summed E-state index contributed by atoms with van der Waals surface area (Å²) in [5.74, 6) is -0.184. The molecule has 5 heteroatoms. The number of rotatable bonds is 1. The Hall–Kier alpha value is -1.10. The number of nitrogens with one attached hydrogen (secondary N) is 1. The van der Waals surface area contributed by atoms with Gasteiger partial charge in [0.15, 0.2) is 0 Å². The van der Waals surface area contributed by atoms with Gasteiger partial charge in [0.2, 0.25) is 11.8 Å². The second-order valence-corrected chi connectivity index (χ2v) is 4.85. The Morgan fingerprint density at radius 2 is 2.06 bits per heavy atom. The van der Waals surface area contributed by atoms with Crippen LogP contribution in [0.3, 0.4) is 0 Å². The topological polar surface area (TPSA) is 75.4 Å². The van der Waals surface area contributed by atoms with Crippen LogP contribution in [0.2, 0.25) is 0 Å². The first kappa shape index (κ1) is 11.4. The number of hydrogen-bond donors (Lipinski definition) is 2. The molecule has 1 heterocycles. The third-order valence-electron chi connectivity index (χ3n) is 3.53. The zero-order valence-corrected chi connectivity index (χ0v) is 9.66. The summed E-state index contributed by atoms with van der Waals surface area (Å²) < 4.78 is 0. The Bertz CT molecular complexity index is 308. The number of hydrogen-bond acceptors (Lipinski definition) is 3. The second kappa shape index (κ2) is 4.05. The van der Waals surface area contributed by atoms with Crippen molar-refractivity contribution in [2.45, 2.75) is 50.7 Å². The van der Waals surface area contributed by atoms with Gasteiger partial charge >= 0.3 is 0 Å². The van der Waals surface area contributed by atoms with Crippen LogP contribution in [-0.2, 0) is 9.59 Å². The molecule has 1 aliphatic heterocycles. The third-order valence-corrected chi connectivity index (χ3v) is 3.53. The summed E-state index contributed by atoms with van der Waals surface area (Å²) in [5.41, 5.74) is 5.19. The van der Waals surface area contributed by atoms with E-state index in [1.807, 2.05) is 0 Å². The van der Waals surface area contributed by atoms with Crippen LogP contribution in [0.15, 0.2) is 0 Å². The average Bonchev–Trinajstić information content (AvgIpc) is 2.55. The Morgan fingerprint density at radius 3 is 2.62 bits per heavy atom. The molecule has 0 aromatic carbocycles. The molecule has 1 aliphatic carbocycles. The van der Waals surface area contributed by atoms with Crippen molar-refractivity contribution in [2.75, 3.05) is 6.54 Å². The molecule has 2 aliphatic rings. The molecule has 2 amide bonds. The first-order chi connectivity index (χ1) is 7.55. The Labute approximate surface area is 95.3 Å². The molecule has 1 saturated carbocycles. The van der Waals surface area contributed by atoms with E-state index in [0.717, 1.165) is 25.7 Å². The standard InChI is InChI=1S/C11H19N3O2/c1-8(12)10(16)14-7-9(15)13-11(14)5-3-2-4-6-11/h8H,2-7,12H2,1H3,(H,13,15). The van der Waals surface area contributed by atoms with Crippen molar-refractivity contribution < 1.29 is 9.59 Å². The van der Waals surface area contributed by atoms with Gasteiger partial charge < -0.3 is 16.0 Å². The largest absolute Gasteiger partial charge is 0.332 e. The lowest BCUT2D eigenvalue weighted by Gasteiger charge is -2.41. The highest BCUT2D eigenvalue weighted by molar-refractivity contribution is 5.91. The minimum absolute atomic E-state index is 0.0594. The summed E-state index contributed by atoms with van der Waals surface area (Å²) in [4.78, 5) is 25.1. The maximum absolute atomic E-state index is 12.0. The van der Waals surface area contributed by atoms with Crippen molar-refractivity contribution in [3.8, 4) is 0 Å². The lowest BCUT2D eigenvalue weighted by atomic mass is 9.88. The first-order valence-electron chi connectivity index (χ1n) is 5.93. The Morgan fingerprint density at radius 1 is 1.44 bits per heavy atom. The molecule has 0 radical (unpaired) electrons. The van der Waals surface area contributed by atoms with Crippen molar-refractivity contribution >= 4 is 11.8 Å². The molecule has 0 aromatic heterocycles. The van der Waals surface area contributed by atoms with Crippen molar-refractivity contribution in [3.05, 3.63) is 0 Å². The highest BCUT2D eigenvalue weighted by Crippen LogP contribution is 2.34. The van der Waals surface area contributed by atoms with E-state index in [1.165, 1.54) is 6.42 Å². The first-order valence-corrected chi connectivity index (χ1v) is 5.93. The van der Waals surface area contributed by atoms with Gasteiger partial charge in [-0.15, -0.1) is 0 Å². The van der Waals surface area contributed by atoms with E-state index in [1.54, 1.807) is 11.8 Å². The van der Waals surface area contributed by atoms with Crippen LogP contribution in [0.25, 0.3) is 0 Å². The number of carbonyl (C=O) groups is 2. The lowest BCUT2D eigenvalue weighted by molar-refractivity contribution is -0.138. The third kappa shape index (κ3) is 1.80. The minimum atomic E-state index is -0.536. The van der Waals surface area contributed by atoms with Crippen molar-refractivity contribution in [1.29, 1.82) is 0 Å². The average molecular weight is 225 g/mol. The molecule has 1 unspecified atom stereocenters. The van der Waals surface area contributed by atoms with E-state index in [4.69, 9.17) is 5.73 Å². The number of nitrogens with zero attached hydrogens (tertiary/aromatic N) is 1. The van der Waals surface area contributed by atoms with Crippen LogP contribution >= 0.6 is 0 Å². The van der Waals surface area contributed by atoms with Crippen LogP contribution in [0.1, 0.15) is 39.0 Å². The fourth-order valence-electron chi connectivity index (χ4n) is 2.73. The molecule has 1 atom stereocenters. The smallest absolute Gasteiger partial charge is 0.241 e. The van der Waals surface area contributed by atoms with Gasteiger partial charge in [0.05, 0.1) is 6.04 Å². The highest BCUT2D eigenvalue weighted by atomic mass is 16.2. The Kier molecular flexibility index (Phi) is 2.88. The van der Waals surface area contributed by atoms with Crippen molar-refractivity contribution in [1.82, 2.24) is 10.2 Å². The predicted octanol–water partition coefficient (Wildman–Crippen LogP) is -0.0476. The molecular formula is C11H19N3O2. The molecule has 90 valence electrons. The molecule has 3 N–H and O–H groups in total. The van der Waals surface area contributed by atoms with E-state index in [-0.39, 0.29) is 18.4 Å². The van der Waals surface area contributed by atoms with Crippen LogP contribution in [0, 0.1) is 0 Å². The normalized spacial score (nSPS) is 25.6. The van der Waals surface area contributed by atoms with Gasteiger partial charge in [0.25, 0.3) is 0 Å². The SMILES string of the molecule is CC(N)C(=O)N1CC(=O)NC12CCCCC2. The monoisotopic (exact) mass is 225 g/mol. The summed E-state index contributed by atoms with van der Waals surface area (Å²) in [5, 5.41) is 2.97. The van der Waals surface area contributed by atoms with Gasteiger partial charge in [-0.2, -0.15) is 0 Å². The minimum Gasteiger partial charge on any atom is -0.332 e.